The molecule has 0 saturated carbocycles. The van der Waals surface area contributed by atoms with E-state index in [1.54, 1.807) is 11.3 Å². The molecule has 2 aromatic rings. The molecule has 2 N–H and O–H groups in total. The predicted octanol–water partition coefficient (Wildman–Crippen LogP) is 2.74. The van der Waals surface area contributed by atoms with E-state index in [9.17, 15) is 13.5 Å². The van der Waals surface area contributed by atoms with Gasteiger partial charge in [0, 0.05) is 11.4 Å². The van der Waals surface area contributed by atoms with E-state index in [1.807, 2.05) is 12.1 Å². The van der Waals surface area contributed by atoms with E-state index < -0.39 is 10.0 Å². The van der Waals surface area contributed by atoms with Crippen LogP contribution in [-0.4, -0.2) is 20.1 Å². The smallest absolute Gasteiger partial charge is 0.240 e. The molecule has 102 valence electrons. The number of hydrogen-bond acceptors (Lipinski definition) is 4. The lowest BCUT2D eigenvalue weighted by Gasteiger charge is -2.06. The standard InChI is InChI=1S/C12H12BrNO3S2/c13-12-5-4-10(18-12)6-7-14-19(16,17)11-3-1-2-9(15)8-11/h1-5,8,14-15H,6-7H2. The second-order valence-corrected chi connectivity index (χ2v) is 8.17. The first kappa shape index (κ1) is 14.5. The number of thiophene rings is 1. The fourth-order valence-electron chi connectivity index (χ4n) is 1.53. The first-order valence-electron chi connectivity index (χ1n) is 5.50. The Labute approximate surface area is 124 Å². The molecule has 0 atom stereocenters. The Morgan fingerprint density at radius 1 is 1.26 bits per heavy atom. The van der Waals surface area contributed by atoms with Gasteiger partial charge in [-0.05, 0) is 52.7 Å². The summed E-state index contributed by atoms with van der Waals surface area (Å²) in [6.45, 7) is 0.324. The van der Waals surface area contributed by atoms with E-state index in [-0.39, 0.29) is 10.6 Å². The van der Waals surface area contributed by atoms with E-state index >= 15 is 0 Å². The van der Waals surface area contributed by atoms with Crippen LogP contribution in [0.15, 0.2) is 45.1 Å². The number of nitrogens with one attached hydrogen (secondary N) is 1. The second-order valence-electron chi connectivity index (χ2n) is 3.85. The fraction of sp³-hybridized carbons (Fsp3) is 0.167. The molecule has 1 aromatic heterocycles. The predicted molar refractivity (Wildman–Crippen MR) is 79.0 cm³/mol. The van der Waals surface area contributed by atoms with Crippen LogP contribution in [0.25, 0.3) is 0 Å². The Morgan fingerprint density at radius 3 is 2.68 bits per heavy atom. The van der Waals surface area contributed by atoms with Crippen molar-refractivity contribution in [3.63, 3.8) is 0 Å². The van der Waals surface area contributed by atoms with Crippen molar-refractivity contribution in [2.45, 2.75) is 11.3 Å². The molecule has 2 rings (SSSR count). The lowest BCUT2D eigenvalue weighted by molar-refractivity contribution is 0.473. The van der Waals surface area contributed by atoms with Crippen LogP contribution in [0.4, 0.5) is 0 Å². The molecule has 0 saturated heterocycles. The zero-order valence-electron chi connectivity index (χ0n) is 9.84. The van der Waals surface area contributed by atoms with Crippen molar-refractivity contribution in [1.82, 2.24) is 4.72 Å². The summed E-state index contributed by atoms with van der Waals surface area (Å²) in [5.74, 6) is -0.0648. The van der Waals surface area contributed by atoms with Crippen molar-refractivity contribution in [3.8, 4) is 5.75 Å². The summed E-state index contributed by atoms with van der Waals surface area (Å²) in [7, 11) is -3.56. The van der Waals surface area contributed by atoms with Gasteiger partial charge in [0.2, 0.25) is 10.0 Å². The molecule has 0 bridgehead atoms. The molecule has 0 unspecified atom stereocenters. The average Bonchev–Trinajstić information content (AvgIpc) is 2.75. The lowest BCUT2D eigenvalue weighted by Crippen LogP contribution is -2.25. The van der Waals surface area contributed by atoms with E-state index in [0.717, 1.165) is 8.66 Å². The van der Waals surface area contributed by atoms with E-state index in [1.165, 1.54) is 24.3 Å². The average molecular weight is 362 g/mol. The molecule has 0 aliphatic rings. The molecular formula is C12H12BrNO3S2. The van der Waals surface area contributed by atoms with Gasteiger partial charge in [-0.1, -0.05) is 6.07 Å². The van der Waals surface area contributed by atoms with Crippen molar-refractivity contribution < 1.29 is 13.5 Å². The van der Waals surface area contributed by atoms with Crippen molar-refractivity contribution in [2.24, 2.45) is 0 Å². The minimum absolute atomic E-state index is 0.0648. The van der Waals surface area contributed by atoms with E-state index in [0.29, 0.717) is 13.0 Å². The molecule has 0 spiro atoms. The van der Waals surface area contributed by atoms with Gasteiger partial charge in [0.25, 0.3) is 0 Å². The maximum absolute atomic E-state index is 12.0. The molecular weight excluding hydrogens is 350 g/mol. The summed E-state index contributed by atoms with van der Waals surface area (Å²) in [5.41, 5.74) is 0. The van der Waals surface area contributed by atoms with E-state index in [2.05, 4.69) is 20.7 Å². The molecule has 1 aromatic carbocycles. The molecule has 0 radical (unpaired) electrons. The molecule has 7 heteroatoms. The number of hydrogen-bond donors (Lipinski definition) is 2. The highest BCUT2D eigenvalue weighted by molar-refractivity contribution is 9.11. The van der Waals surface area contributed by atoms with Gasteiger partial charge in [-0.3, -0.25) is 0 Å². The van der Waals surface area contributed by atoms with Gasteiger partial charge in [0.05, 0.1) is 8.68 Å². The fourth-order valence-corrected chi connectivity index (χ4v) is 4.08. The maximum Gasteiger partial charge on any atom is 0.240 e. The second kappa shape index (κ2) is 6.04. The van der Waals surface area contributed by atoms with Gasteiger partial charge >= 0.3 is 0 Å². The largest absolute Gasteiger partial charge is 0.508 e. The summed E-state index contributed by atoms with van der Waals surface area (Å²) >= 11 is 4.94. The normalized spacial score (nSPS) is 11.6. The Kier molecular flexibility index (Phi) is 4.62. The highest BCUT2D eigenvalue weighted by Gasteiger charge is 2.13. The molecule has 19 heavy (non-hydrogen) atoms. The maximum atomic E-state index is 12.0. The van der Waals surface area contributed by atoms with Crippen LogP contribution in [0.2, 0.25) is 0 Å². The summed E-state index contributed by atoms with van der Waals surface area (Å²) in [4.78, 5) is 1.17. The van der Waals surface area contributed by atoms with Crippen molar-refractivity contribution in [1.29, 1.82) is 0 Å². The number of phenolic OH excluding ortho intramolecular Hbond substituents is 1. The van der Waals surface area contributed by atoms with Crippen LogP contribution in [-0.2, 0) is 16.4 Å². The summed E-state index contributed by atoms with van der Waals surface area (Å²) in [6.07, 6.45) is 0.633. The first-order chi connectivity index (χ1) is 8.97. The minimum atomic E-state index is -3.56. The molecule has 0 aliphatic heterocycles. The molecule has 4 nitrogen and oxygen atoms in total. The SMILES string of the molecule is O=S(=O)(NCCc1ccc(Br)s1)c1cccc(O)c1. The third kappa shape index (κ3) is 4.04. The number of aromatic hydroxyl groups is 1. The topological polar surface area (TPSA) is 66.4 Å². The minimum Gasteiger partial charge on any atom is -0.508 e. The lowest BCUT2D eigenvalue weighted by atomic mass is 10.3. The zero-order valence-corrected chi connectivity index (χ0v) is 13.1. The Balaban J connectivity index is 1.98. The summed E-state index contributed by atoms with van der Waals surface area (Å²) in [5, 5.41) is 9.29. The third-order valence-corrected chi connectivity index (χ3v) is 5.56. The quantitative estimate of drug-likeness (QED) is 0.860. The zero-order chi connectivity index (χ0) is 13.9. The number of rotatable bonds is 5. The van der Waals surface area contributed by atoms with Crippen LogP contribution in [0.3, 0.4) is 0 Å². The summed E-state index contributed by atoms with van der Waals surface area (Å²) < 4.78 is 27.4. The van der Waals surface area contributed by atoms with Gasteiger partial charge in [0.15, 0.2) is 0 Å². The highest BCUT2D eigenvalue weighted by Crippen LogP contribution is 2.22. The summed E-state index contributed by atoms with van der Waals surface area (Å²) in [6, 6.07) is 9.50. The van der Waals surface area contributed by atoms with Crippen molar-refractivity contribution in [2.75, 3.05) is 6.54 Å². The Morgan fingerprint density at radius 2 is 2.05 bits per heavy atom. The number of benzene rings is 1. The Bertz CT molecular complexity index is 667. The highest BCUT2D eigenvalue weighted by atomic mass is 79.9. The van der Waals surface area contributed by atoms with Gasteiger partial charge in [0.1, 0.15) is 5.75 Å². The van der Waals surface area contributed by atoms with Gasteiger partial charge in [-0.25, -0.2) is 13.1 Å². The molecule has 0 amide bonds. The van der Waals surface area contributed by atoms with Crippen LogP contribution in [0.5, 0.6) is 5.75 Å². The van der Waals surface area contributed by atoms with Crippen LogP contribution in [0, 0.1) is 0 Å². The number of halogens is 1. The van der Waals surface area contributed by atoms with E-state index in [4.69, 9.17) is 0 Å². The molecule has 0 fully saturated rings. The van der Waals surface area contributed by atoms with Crippen molar-refractivity contribution in [3.05, 3.63) is 45.1 Å². The molecule has 1 heterocycles. The van der Waals surface area contributed by atoms with Gasteiger partial charge < -0.3 is 5.11 Å². The first-order valence-corrected chi connectivity index (χ1v) is 8.59. The number of phenols is 1. The van der Waals surface area contributed by atoms with Gasteiger partial charge in [-0.2, -0.15) is 0 Å². The molecule has 0 aliphatic carbocycles. The Hall–Kier alpha value is -0.890. The van der Waals surface area contributed by atoms with Crippen molar-refractivity contribution >= 4 is 37.3 Å². The van der Waals surface area contributed by atoms with Crippen LogP contribution in [0.1, 0.15) is 4.88 Å². The number of sulfonamides is 1. The van der Waals surface area contributed by atoms with Gasteiger partial charge in [-0.15, -0.1) is 11.3 Å². The van der Waals surface area contributed by atoms with Crippen LogP contribution < -0.4 is 4.72 Å². The third-order valence-electron chi connectivity index (χ3n) is 2.42. The van der Waals surface area contributed by atoms with Crippen LogP contribution >= 0.6 is 27.3 Å². The monoisotopic (exact) mass is 361 g/mol.